The summed E-state index contributed by atoms with van der Waals surface area (Å²) in [5, 5.41) is 3.15. The number of para-hydroxylation sites is 1. The van der Waals surface area contributed by atoms with Crippen molar-refractivity contribution in [3.05, 3.63) is 105 Å². The molecule has 1 amide bonds. The number of hydrogen-bond donors (Lipinski definition) is 2. The molecule has 2 aromatic heterocycles. The van der Waals surface area contributed by atoms with Gasteiger partial charge in [-0.15, -0.1) is 0 Å². The fourth-order valence-electron chi connectivity index (χ4n) is 3.12. The highest BCUT2D eigenvalue weighted by molar-refractivity contribution is 5.92. The van der Waals surface area contributed by atoms with Gasteiger partial charge >= 0.3 is 5.69 Å². The molecule has 2 heterocycles. The maximum absolute atomic E-state index is 12.6. The number of carbonyl (C=O) groups is 1. The van der Waals surface area contributed by atoms with Crippen LogP contribution in [-0.2, 0) is 11.3 Å². The van der Waals surface area contributed by atoms with Crippen molar-refractivity contribution in [2.75, 3.05) is 5.32 Å². The summed E-state index contributed by atoms with van der Waals surface area (Å²) in [5.74, 6) is -0.375. The third kappa shape index (κ3) is 4.25. The zero-order valence-corrected chi connectivity index (χ0v) is 15.9. The van der Waals surface area contributed by atoms with Crippen LogP contribution in [0, 0.1) is 0 Å². The molecule has 30 heavy (non-hydrogen) atoms. The minimum Gasteiger partial charge on any atom is -0.325 e. The fraction of sp³-hybridized carbons (Fsp3) is 0.0435. The first-order valence-electron chi connectivity index (χ1n) is 9.31. The summed E-state index contributed by atoms with van der Waals surface area (Å²) >= 11 is 0. The number of hydrogen-bond acceptors (Lipinski definition) is 4. The zero-order valence-electron chi connectivity index (χ0n) is 15.9. The topological polar surface area (TPSA) is 96.9 Å². The monoisotopic (exact) mass is 398 g/mol. The van der Waals surface area contributed by atoms with E-state index in [1.54, 1.807) is 36.5 Å². The summed E-state index contributed by atoms with van der Waals surface area (Å²) in [6.07, 6.45) is 5.50. The number of fused-ring (bicyclic) bond motifs is 1. The number of benzene rings is 2. The average Bonchev–Trinajstić information content (AvgIpc) is 2.76. The van der Waals surface area contributed by atoms with Crippen molar-refractivity contribution in [2.24, 2.45) is 0 Å². The van der Waals surface area contributed by atoms with Gasteiger partial charge in [0.25, 0.3) is 5.56 Å². The number of nitrogens with zero attached hydrogens (tertiary/aromatic N) is 2. The molecular formula is C23H18N4O3. The van der Waals surface area contributed by atoms with Gasteiger partial charge in [0.1, 0.15) is 6.54 Å². The molecule has 0 unspecified atom stereocenters. The van der Waals surface area contributed by atoms with E-state index in [4.69, 9.17) is 0 Å². The Kier molecular flexibility index (Phi) is 5.34. The SMILES string of the molecule is O=C(Cn1c(=O)[nH]c(=O)c2ccccc21)Nc1cccc(C=Cc2ccccn2)c1. The maximum atomic E-state index is 12.6. The molecule has 0 saturated carbocycles. The molecule has 0 fully saturated rings. The molecule has 4 aromatic rings. The van der Waals surface area contributed by atoms with Crippen LogP contribution in [0.1, 0.15) is 11.3 Å². The molecular weight excluding hydrogens is 380 g/mol. The Morgan fingerprint density at radius 3 is 2.67 bits per heavy atom. The minimum absolute atomic E-state index is 0.218. The molecule has 0 aliphatic carbocycles. The molecule has 0 radical (unpaired) electrons. The van der Waals surface area contributed by atoms with E-state index < -0.39 is 11.2 Å². The predicted octanol–water partition coefficient (Wildman–Crippen LogP) is 2.89. The van der Waals surface area contributed by atoms with Gasteiger partial charge in [0.2, 0.25) is 5.91 Å². The average molecular weight is 398 g/mol. The molecule has 0 saturated heterocycles. The molecule has 7 heteroatoms. The lowest BCUT2D eigenvalue weighted by Gasteiger charge is -2.10. The van der Waals surface area contributed by atoms with Crippen LogP contribution in [0.25, 0.3) is 23.1 Å². The Bertz CT molecular complexity index is 1350. The first-order valence-corrected chi connectivity index (χ1v) is 9.31. The van der Waals surface area contributed by atoms with Crippen molar-refractivity contribution in [3.63, 3.8) is 0 Å². The Labute approximate surface area is 171 Å². The van der Waals surface area contributed by atoms with Crippen LogP contribution in [0.15, 0.2) is 82.5 Å². The smallest absolute Gasteiger partial charge is 0.325 e. The van der Waals surface area contributed by atoms with E-state index in [0.29, 0.717) is 16.6 Å². The van der Waals surface area contributed by atoms with E-state index in [-0.39, 0.29) is 12.5 Å². The summed E-state index contributed by atoms with van der Waals surface area (Å²) < 4.78 is 1.25. The number of aromatic nitrogens is 3. The van der Waals surface area contributed by atoms with Gasteiger partial charge in [-0.3, -0.25) is 24.1 Å². The molecule has 4 rings (SSSR count). The predicted molar refractivity (Wildman–Crippen MR) is 117 cm³/mol. The summed E-state index contributed by atoms with van der Waals surface area (Å²) in [4.78, 5) is 43.2. The minimum atomic E-state index is -0.624. The standard InChI is InChI=1S/C23H18N4O3/c28-21(15-27-20-10-2-1-9-19(20)22(29)26-23(27)30)25-18-8-5-6-16(14-18)11-12-17-7-3-4-13-24-17/h1-14H,15H2,(H,25,28)(H,26,29,30). The van der Waals surface area contributed by atoms with Gasteiger partial charge in [0.05, 0.1) is 16.6 Å². The van der Waals surface area contributed by atoms with Crippen molar-refractivity contribution < 1.29 is 4.79 Å². The molecule has 0 spiro atoms. The lowest BCUT2D eigenvalue weighted by atomic mass is 10.1. The van der Waals surface area contributed by atoms with Gasteiger partial charge < -0.3 is 5.32 Å². The second kappa shape index (κ2) is 8.40. The van der Waals surface area contributed by atoms with E-state index in [1.807, 2.05) is 48.6 Å². The highest BCUT2D eigenvalue weighted by Crippen LogP contribution is 2.14. The maximum Gasteiger partial charge on any atom is 0.329 e. The zero-order chi connectivity index (χ0) is 20.9. The molecule has 7 nitrogen and oxygen atoms in total. The van der Waals surface area contributed by atoms with Crippen molar-refractivity contribution in [2.45, 2.75) is 6.54 Å². The second-order valence-electron chi connectivity index (χ2n) is 6.62. The summed E-state index contributed by atoms with van der Waals surface area (Å²) in [5.41, 5.74) is 1.64. The van der Waals surface area contributed by atoms with Crippen LogP contribution in [0.5, 0.6) is 0 Å². The van der Waals surface area contributed by atoms with E-state index >= 15 is 0 Å². The number of H-pyrrole nitrogens is 1. The van der Waals surface area contributed by atoms with Gasteiger partial charge in [-0.2, -0.15) is 0 Å². The molecule has 0 aliphatic heterocycles. The third-order valence-corrected chi connectivity index (χ3v) is 4.51. The highest BCUT2D eigenvalue weighted by Gasteiger charge is 2.11. The van der Waals surface area contributed by atoms with Crippen LogP contribution in [0.3, 0.4) is 0 Å². The molecule has 0 aliphatic rings. The summed E-state index contributed by atoms with van der Waals surface area (Å²) in [6, 6.07) is 19.7. The third-order valence-electron chi connectivity index (χ3n) is 4.51. The van der Waals surface area contributed by atoms with Gasteiger partial charge in [-0.1, -0.05) is 36.4 Å². The number of rotatable bonds is 5. The van der Waals surface area contributed by atoms with Gasteiger partial charge in [-0.05, 0) is 48.0 Å². The van der Waals surface area contributed by atoms with E-state index in [9.17, 15) is 14.4 Å². The lowest BCUT2D eigenvalue weighted by molar-refractivity contribution is -0.116. The normalized spacial score (nSPS) is 11.1. The Hall–Kier alpha value is -4.26. The Balaban J connectivity index is 1.53. The van der Waals surface area contributed by atoms with Crippen molar-refractivity contribution in [3.8, 4) is 0 Å². The van der Waals surface area contributed by atoms with Crippen LogP contribution >= 0.6 is 0 Å². The molecule has 2 N–H and O–H groups in total. The Morgan fingerprint density at radius 1 is 1.00 bits per heavy atom. The number of nitrogens with one attached hydrogen (secondary N) is 2. The fourth-order valence-corrected chi connectivity index (χ4v) is 3.12. The number of amides is 1. The number of pyridine rings is 1. The summed E-state index contributed by atoms with van der Waals surface area (Å²) in [6.45, 7) is -0.218. The molecule has 0 bridgehead atoms. The number of aromatic amines is 1. The van der Waals surface area contributed by atoms with Crippen LogP contribution in [-0.4, -0.2) is 20.4 Å². The highest BCUT2D eigenvalue weighted by atomic mass is 16.2. The van der Waals surface area contributed by atoms with Gasteiger partial charge in [-0.25, -0.2) is 4.79 Å². The van der Waals surface area contributed by atoms with Crippen LogP contribution < -0.4 is 16.6 Å². The molecule has 0 atom stereocenters. The first-order chi connectivity index (χ1) is 14.6. The van der Waals surface area contributed by atoms with E-state index in [0.717, 1.165) is 11.3 Å². The van der Waals surface area contributed by atoms with Crippen molar-refractivity contribution >= 4 is 34.6 Å². The molecule has 2 aromatic carbocycles. The second-order valence-corrected chi connectivity index (χ2v) is 6.62. The summed E-state index contributed by atoms with van der Waals surface area (Å²) in [7, 11) is 0. The largest absolute Gasteiger partial charge is 0.329 e. The van der Waals surface area contributed by atoms with Gasteiger partial charge in [0.15, 0.2) is 0 Å². The Morgan fingerprint density at radius 2 is 1.83 bits per heavy atom. The lowest BCUT2D eigenvalue weighted by Crippen LogP contribution is -2.34. The van der Waals surface area contributed by atoms with Crippen LogP contribution in [0.2, 0.25) is 0 Å². The van der Waals surface area contributed by atoms with E-state index in [1.165, 1.54) is 4.57 Å². The van der Waals surface area contributed by atoms with Gasteiger partial charge in [0, 0.05) is 11.9 Å². The van der Waals surface area contributed by atoms with Crippen molar-refractivity contribution in [1.82, 2.24) is 14.5 Å². The quantitative estimate of drug-likeness (QED) is 0.540. The van der Waals surface area contributed by atoms with Crippen molar-refractivity contribution in [1.29, 1.82) is 0 Å². The van der Waals surface area contributed by atoms with E-state index in [2.05, 4.69) is 15.3 Å². The number of anilines is 1. The first kappa shape index (κ1) is 19.1. The number of carbonyl (C=O) groups excluding carboxylic acids is 1. The van der Waals surface area contributed by atoms with Crippen LogP contribution in [0.4, 0.5) is 5.69 Å². The molecule has 148 valence electrons.